The van der Waals surface area contributed by atoms with Crippen molar-refractivity contribution < 1.29 is 50.7 Å². The fourth-order valence-corrected chi connectivity index (χ4v) is 3.18. The molecule has 1 aliphatic carbocycles. The summed E-state index contributed by atoms with van der Waals surface area (Å²) in [6.07, 6.45) is 13.3. The number of fused-ring (bicyclic) bond motifs is 1. The summed E-state index contributed by atoms with van der Waals surface area (Å²) in [5.74, 6) is 0. The van der Waals surface area contributed by atoms with Crippen LogP contribution in [-0.4, -0.2) is 4.57 Å². The first kappa shape index (κ1) is 26.0. The molecule has 1 nitrogen and oxygen atoms in total. The van der Waals surface area contributed by atoms with Crippen LogP contribution in [0.4, 0.5) is 0 Å². The standard InChI is InChI=1S/C15H14N.C8H11.2ClH.Hf/c1-11-7-12(2)16(10-11)15-8-13-5-3-4-6-14(13)9-15;1-2-5-8-6-3-4-7-8;;;/h3-10H,1-2H3;3,6H,2,4-5H2,1H3;2*1H;/q2*-1;;;+4/p-2. The van der Waals surface area contributed by atoms with E-state index in [1.54, 1.807) is 0 Å². The topological polar surface area (TPSA) is 4.93 Å². The summed E-state index contributed by atoms with van der Waals surface area (Å²) in [6, 6.07) is 15.2. The van der Waals surface area contributed by atoms with Crippen molar-refractivity contribution in [2.24, 2.45) is 0 Å². The van der Waals surface area contributed by atoms with Crippen LogP contribution in [-0.2, 0) is 25.8 Å². The molecule has 27 heavy (non-hydrogen) atoms. The van der Waals surface area contributed by atoms with Gasteiger partial charge in [-0.1, -0.05) is 25.8 Å². The van der Waals surface area contributed by atoms with Gasteiger partial charge in [0.15, 0.2) is 0 Å². The fraction of sp³-hybridized carbons (Fsp3) is 0.261. The van der Waals surface area contributed by atoms with Crippen molar-refractivity contribution in [1.82, 2.24) is 4.57 Å². The molecule has 4 heteroatoms. The maximum atomic E-state index is 3.26. The molecule has 0 atom stereocenters. The van der Waals surface area contributed by atoms with Gasteiger partial charge in [0.1, 0.15) is 0 Å². The molecular weight excluding hydrogens is 540 g/mol. The van der Waals surface area contributed by atoms with E-state index in [2.05, 4.69) is 92.2 Å². The van der Waals surface area contributed by atoms with E-state index in [1.807, 2.05) is 0 Å². The van der Waals surface area contributed by atoms with Gasteiger partial charge in [0.25, 0.3) is 0 Å². The molecule has 0 amide bonds. The zero-order valence-corrected chi connectivity index (χ0v) is 21.2. The Morgan fingerprint density at radius 2 is 1.85 bits per heavy atom. The van der Waals surface area contributed by atoms with Gasteiger partial charge in [0, 0.05) is 11.9 Å². The number of benzene rings is 1. The molecule has 0 bridgehead atoms. The number of hydrogen-bond donors (Lipinski definition) is 0. The second kappa shape index (κ2) is 12.5. The van der Waals surface area contributed by atoms with Crippen molar-refractivity contribution in [3.63, 3.8) is 0 Å². The van der Waals surface area contributed by atoms with Crippen molar-refractivity contribution >= 4 is 10.8 Å². The Kier molecular flexibility index (Phi) is 12.0. The Balaban J connectivity index is 0.000000535. The predicted octanol–water partition coefficient (Wildman–Crippen LogP) is 0.448. The molecule has 1 heterocycles. The molecule has 0 unspecified atom stereocenters. The van der Waals surface area contributed by atoms with E-state index in [4.69, 9.17) is 0 Å². The second-order valence-electron chi connectivity index (χ2n) is 6.43. The molecule has 1 aliphatic rings. The molecule has 3 aromatic rings. The molecule has 0 N–H and O–H groups in total. The SMILES string of the molecule is CCCC1=[C-]CC=C1.Cc1cc(C)n(-c2cc3ccccc3[cH-]2)c1.[Cl-].[Cl-].[Hf+4]. The summed E-state index contributed by atoms with van der Waals surface area (Å²) in [6.45, 7) is 6.47. The molecule has 0 aliphatic heterocycles. The molecular formula is C23H25Cl2HfN. The molecule has 0 spiro atoms. The van der Waals surface area contributed by atoms with E-state index < -0.39 is 0 Å². The van der Waals surface area contributed by atoms with E-state index in [0.717, 1.165) is 6.42 Å². The molecule has 1 aromatic heterocycles. The minimum Gasteiger partial charge on any atom is -1.00 e. The zero-order chi connectivity index (χ0) is 16.9. The van der Waals surface area contributed by atoms with Gasteiger partial charge in [-0.15, -0.1) is 47.5 Å². The van der Waals surface area contributed by atoms with E-state index >= 15 is 0 Å². The Labute approximate surface area is 194 Å². The van der Waals surface area contributed by atoms with Gasteiger partial charge in [-0.2, -0.15) is 6.08 Å². The monoisotopic (exact) mass is 565 g/mol. The minimum atomic E-state index is 0. The van der Waals surface area contributed by atoms with Crippen LogP contribution in [0.1, 0.15) is 37.4 Å². The number of aromatic nitrogens is 1. The molecule has 0 radical (unpaired) electrons. The number of halogens is 2. The first-order valence-corrected chi connectivity index (χ1v) is 8.75. The summed E-state index contributed by atoms with van der Waals surface area (Å²) in [5.41, 5.74) is 5.25. The van der Waals surface area contributed by atoms with Crippen LogP contribution in [0.5, 0.6) is 0 Å². The van der Waals surface area contributed by atoms with Crippen LogP contribution in [0.2, 0.25) is 0 Å². The van der Waals surface area contributed by atoms with E-state index in [1.165, 1.54) is 46.1 Å². The Hall–Kier alpha value is -0.960. The third-order valence-corrected chi connectivity index (χ3v) is 4.32. The van der Waals surface area contributed by atoms with Crippen molar-refractivity contribution in [3.05, 3.63) is 83.7 Å². The van der Waals surface area contributed by atoms with Gasteiger partial charge in [-0.3, -0.25) is 6.08 Å². The number of aryl methyl sites for hydroxylation is 2. The largest absolute Gasteiger partial charge is 4.00 e. The van der Waals surface area contributed by atoms with Crippen molar-refractivity contribution in [2.75, 3.05) is 0 Å². The maximum Gasteiger partial charge on any atom is 4.00 e. The van der Waals surface area contributed by atoms with Crippen LogP contribution >= 0.6 is 0 Å². The second-order valence-corrected chi connectivity index (χ2v) is 6.43. The van der Waals surface area contributed by atoms with Gasteiger partial charge in [-0.25, -0.2) is 11.6 Å². The van der Waals surface area contributed by atoms with Gasteiger partial charge in [-0.05, 0) is 31.2 Å². The first-order chi connectivity index (χ1) is 11.7. The quantitative estimate of drug-likeness (QED) is 0.322. The van der Waals surface area contributed by atoms with Crippen molar-refractivity contribution in [3.8, 4) is 5.69 Å². The molecule has 0 saturated carbocycles. The normalized spacial score (nSPS) is 11.6. The van der Waals surface area contributed by atoms with Crippen LogP contribution in [0.15, 0.2) is 66.4 Å². The molecule has 4 rings (SSSR count). The summed E-state index contributed by atoms with van der Waals surface area (Å²) in [5, 5.41) is 2.62. The molecule has 0 saturated heterocycles. The van der Waals surface area contributed by atoms with Crippen LogP contribution in [0, 0.1) is 19.9 Å². The van der Waals surface area contributed by atoms with Crippen molar-refractivity contribution in [2.45, 2.75) is 40.0 Å². The average Bonchev–Trinajstić information content (AvgIpc) is 3.27. The van der Waals surface area contributed by atoms with Gasteiger partial charge in [0.2, 0.25) is 0 Å². The number of nitrogens with zero attached hydrogens (tertiary/aromatic N) is 1. The molecule has 0 fully saturated rings. The van der Waals surface area contributed by atoms with Crippen LogP contribution in [0.3, 0.4) is 0 Å². The predicted molar refractivity (Wildman–Crippen MR) is 104 cm³/mol. The zero-order valence-electron chi connectivity index (χ0n) is 16.1. The third-order valence-electron chi connectivity index (χ3n) is 4.32. The van der Waals surface area contributed by atoms with Gasteiger partial charge >= 0.3 is 25.8 Å². The maximum absolute atomic E-state index is 3.26. The van der Waals surface area contributed by atoms with E-state index in [0.29, 0.717) is 0 Å². The third kappa shape index (κ3) is 6.85. The Bertz CT molecular complexity index is 854. The summed E-state index contributed by atoms with van der Waals surface area (Å²) >= 11 is 0. The van der Waals surface area contributed by atoms with Crippen LogP contribution < -0.4 is 24.8 Å². The molecule has 2 aromatic carbocycles. The van der Waals surface area contributed by atoms with Gasteiger partial charge in [0.05, 0.1) is 0 Å². The first-order valence-electron chi connectivity index (χ1n) is 8.75. The summed E-state index contributed by atoms with van der Waals surface area (Å²) in [4.78, 5) is 0. The van der Waals surface area contributed by atoms with E-state index in [-0.39, 0.29) is 50.7 Å². The van der Waals surface area contributed by atoms with Gasteiger partial charge < -0.3 is 29.4 Å². The summed E-state index contributed by atoms with van der Waals surface area (Å²) < 4.78 is 2.25. The fourth-order valence-electron chi connectivity index (χ4n) is 3.18. The van der Waals surface area contributed by atoms with Crippen molar-refractivity contribution in [1.29, 1.82) is 0 Å². The number of rotatable bonds is 3. The average molecular weight is 565 g/mol. The number of allylic oxidation sites excluding steroid dienone is 4. The smallest absolute Gasteiger partial charge is 1.00 e. The van der Waals surface area contributed by atoms with E-state index in [9.17, 15) is 0 Å². The minimum absolute atomic E-state index is 0. The Morgan fingerprint density at radius 3 is 2.41 bits per heavy atom. The van der Waals surface area contributed by atoms with Crippen LogP contribution in [0.25, 0.3) is 16.5 Å². The Morgan fingerprint density at radius 1 is 1.11 bits per heavy atom. The summed E-state index contributed by atoms with van der Waals surface area (Å²) in [7, 11) is 0. The molecule has 140 valence electrons. The number of hydrogen-bond acceptors (Lipinski definition) is 0.